The molecule has 3 N–H and O–H groups in total. The summed E-state index contributed by atoms with van der Waals surface area (Å²) in [5.74, 6) is -2.62. The molecule has 2 unspecified atom stereocenters. The van der Waals surface area contributed by atoms with Crippen LogP contribution >= 0.6 is 0 Å². The van der Waals surface area contributed by atoms with Gasteiger partial charge in [-0.1, -0.05) is 18.2 Å². The van der Waals surface area contributed by atoms with E-state index in [1.165, 1.54) is 38.1 Å². The first kappa shape index (κ1) is 24.5. The Morgan fingerprint density at radius 1 is 0.935 bits per heavy atom. The van der Waals surface area contributed by atoms with Gasteiger partial charge in [-0.3, -0.25) is 9.59 Å². The third-order valence-electron chi connectivity index (χ3n) is 4.31. The highest BCUT2D eigenvalue weighted by Gasteiger charge is 2.29. The molecule has 2 aromatic carbocycles. The number of carbonyl (C=O) groups is 2. The number of aliphatic hydroxyl groups is 1. The van der Waals surface area contributed by atoms with Gasteiger partial charge in [0.05, 0.1) is 0 Å². The molecule has 168 valence electrons. The summed E-state index contributed by atoms with van der Waals surface area (Å²) in [4.78, 5) is 24.8. The van der Waals surface area contributed by atoms with Crippen LogP contribution in [0.2, 0.25) is 0 Å². The van der Waals surface area contributed by atoms with Crippen LogP contribution in [0.15, 0.2) is 54.6 Å². The lowest BCUT2D eigenvalue weighted by atomic mass is 10.1. The Bertz CT molecular complexity index is 837. The number of halogens is 1. The molecule has 0 aliphatic rings. The molecule has 31 heavy (non-hydrogen) atoms. The summed E-state index contributed by atoms with van der Waals surface area (Å²) in [6, 6.07) is 13.9. The van der Waals surface area contributed by atoms with E-state index in [1.807, 2.05) is 6.07 Å². The molecule has 0 fully saturated rings. The molecule has 0 aliphatic heterocycles. The minimum atomic E-state index is -1.49. The van der Waals surface area contributed by atoms with Gasteiger partial charge in [0.2, 0.25) is 0 Å². The molecular weight excluding hydrogens is 403 g/mol. The molecule has 2 atom stereocenters. The Balaban J connectivity index is 2.06. The maximum absolute atomic E-state index is 13.1. The smallest absolute Gasteiger partial charge is 0.251 e. The first-order valence-corrected chi connectivity index (χ1v) is 10.1. The van der Waals surface area contributed by atoms with E-state index in [9.17, 15) is 19.1 Å². The number of nitrogens with one attached hydrogen (secondary N) is 2. The van der Waals surface area contributed by atoms with E-state index >= 15 is 0 Å². The lowest BCUT2D eigenvalue weighted by Gasteiger charge is -2.32. The molecule has 0 spiro atoms. The maximum atomic E-state index is 13.1. The topological polar surface area (TPSA) is 96.9 Å². The molecule has 0 radical (unpaired) electrons. The van der Waals surface area contributed by atoms with E-state index in [2.05, 4.69) is 10.6 Å². The van der Waals surface area contributed by atoms with Gasteiger partial charge >= 0.3 is 0 Å². The van der Waals surface area contributed by atoms with Crippen molar-refractivity contribution in [3.8, 4) is 0 Å². The van der Waals surface area contributed by atoms with Gasteiger partial charge in [-0.25, -0.2) is 4.39 Å². The molecule has 7 nitrogen and oxygen atoms in total. The predicted octanol–water partition coefficient (Wildman–Crippen LogP) is 2.50. The SMILES string of the molecule is CCOC(CNC(=O)c1ccc(F)cc1)C(CNC(=O)c1ccccc1)OC(C)(C)O. The molecule has 0 aromatic heterocycles. The van der Waals surface area contributed by atoms with Crippen molar-refractivity contribution in [2.24, 2.45) is 0 Å². The quantitative estimate of drug-likeness (QED) is 0.474. The van der Waals surface area contributed by atoms with Crippen LogP contribution in [0.1, 0.15) is 41.5 Å². The van der Waals surface area contributed by atoms with E-state index in [0.717, 1.165) is 0 Å². The summed E-state index contributed by atoms with van der Waals surface area (Å²) in [7, 11) is 0. The molecule has 0 bridgehead atoms. The zero-order valence-electron chi connectivity index (χ0n) is 17.9. The summed E-state index contributed by atoms with van der Waals surface area (Å²) >= 11 is 0. The third-order valence-corrected chi connectivity index (χ3v) is 4.31. The normalized spacial score (nSPS) is 13.3. The van der Waals surface area contributed by atoms with Crippen molar-refractivity contribution in [1.82, 2.24) is 10.6 Å². The first-order valence-electron chi connectivity index (χ1n) is 10.1. The van der Waals surface area contributed by atoms with Gasteiger partial charge < -0.3 is 25.2 Å². The lowest BCUT2D eigenvalue weighted by molar-refractivity contribution is -0.227. The summed E-state index contributed by atoms with van der Waals surface area (Å²) in [5.41, 5.74) is 0.788. The second-order valence-electron chi connectivity index (χ2n) is 7.39. The second kappa shape index (κ2) is 11.5. The molecule has 0 aliphatic carbocycles. The Morgan fingerprint density at radius 3 is 1.97 bits per heavy atom. The van der Waals surface area contributed by atoms with Gasteiger partial charge in [-0.2, -0.15) is 0 Å². The standard InChI is InChI=1S/C23H29FN2O5/c1-4-30-19(14-25-22(28)17-10-12-18(24)13-11-17)20(31-23(2,3)29)15-26-21(27)16-8-6-5-7-9-16/h5-13,19-20,29H,4,14-15H2,1-3H3,(H,25,28)(H,26,27). The van der Waals surface area contributed by atoms with Crippen LogP contribution in [0.25, 0.3) is 0 Å². The number of rotatable bonds is 11. The minimum Gasteiger partial charge on any atom is -0.374 e. The first-order chi connectivity index (χ1) is 14.7. The van der Waals surface area contributed by atoms with E-state index in [4.69, 9.17) is 9.47 Å². The number of amides is 2. The largest absolute Gasteiger partial charge is 0.374 e. The second-order valence-corrected chi connectivity index (χ2v) is 7.39. The van der Waals surface area contributed by atoms with Gasteiger partial charge in [0, 0.05) is 30.8 Å². The Labute approximate surface area is 181 Å². The van der Waals surface area contributed by atoms with Crippen LogP contribution in [0.3, 0.4) is 0 Å². The monoisotopic (exact) mass is 432 g/mol. The molecule has 2 aromatic rings. The van der Waals surface area contributed by atoms with Gasteiger partial charge in [0.1, 0.15) is 18.0 Å². The van der Waals surface area contributed by atoms with Gasteiger partial charge in [0.15, 0.2) is 5.79 Å². The summed E-state index contributed by atoms with van der Waals surface area (Å²) < 4.78 is 24.5. The van der Waals surface area contributed by atoms with Crippen molar-refractivity contribution in [2.45, 2.75) is 38.8 Å². The van der Waals surface area contributed by atoms with Gasteiger partial charge in [-0.15, -0.1) is 0 Å². The maximum Gasteiger partial charge on any atom is 0.251 e. The Kier molecular flexibility index (Phi) is 9.11. The minimum absolute atomic E-state index is 0.0504. The average Bonchev–Trinajstić information content (AvgIpc) is 2.74. The summed E-state index contributed by atoms with van der Waals surface area (Å²) in [6.45, 7) is 5.17. The fourth-order valence-electron chi connectivity index (χ4n) is 2.91. The van der Waals surface area contributed by atoms with Crippen molar-refractivity contribution in [3.63, 3.8) is 0 Å². The average molecular weight is 432 g/mol. The highest BCUT2D eigenvalue weighted by molar-refractivity contribution is 5.94. The number of hydrogen-bond donors (Lipinski definition) is 3. The fourth-order valence-corrected chi connectivity index (χ4v) is 2.91. The van der Waals surface area contributed by atoms with Crippen LogP contribution in [0.5, 0.6) is 0 Å². The van der Waals surface area contributed by atoms with Gasteiger partial charge in [0.25, 0.3) is 11.8 Å². The van der Waals surface area contributed by atoms with Crippen LogP contribution < -0.4 is 10.6 Å². The Morgan fingerprint density at radius 2 is 1.45 bits per heavy atom. The van der Waals surface area contributed by atoms with E-state index in [1.54, 1.807) is 31.2 Å². The molecular formula is C23H29FN2O5. The molecule has 0 saturated heterocycles. The van der Waals surface area contributed by atoms with Crippen molar-refractivity contribution in [2.75, 3.05) is 19.7 Å². The van der Waals surface area contributed by atoms with Crippen molar-refractivity contribution in [3.05, 3.63) is 71.5 Å². The fraction of sp³-hybridized carbons (Fsp3) is 0.391. The summed E-state index contributed by atoms with van der Waals surface area (Å²) in [5, 5.41) is 15.7. The highest BCUT2D eigenvalue weighted by Crippen LogP contribution is 2.14. The van der Waals surface area contributed by atoms with Crippen molar-refractivity contribution >= 4 is 11.8 Å². The summed E-state index contributed by atoms with van der Waals surface area (Å²) in [6.07, 6.45) is -1.40. The number of ether oxygens (including phenoxy) is 2. The van der Waals surface area contributed by atoms with E-state index in [-0.39, 0.29) is 19.0 Å². The van der Waals surface area contributed by atoms with E-state index in [0.29, 0.717) is 17.7 Å². The van der Waals surface area contributed by atoms with Gasteiger partial charge in [-0.05, 0) is 57.2 Å². The number of carbonyl (C=O) groups excluding carboxylic acids is 2. The van der Waals surface area contributed by atoms with Crippen LogP contribution in [-0.2, 0) is 9.47 Å². The molecule has 2 amide bonds. The molecule has 2 rings (SSSR count). The van der Waals surface area contributed by atoms with E-state index < -0.39 is 29.7 Å². The van der Waals surface area contributed by atoms with Crippen molar-refractivity contribution in [1.29, 1.82) is 0 Å². The molecule has 0 heterocycles. The molecule has 0 saturated carbocycles. The van der Waals surface area contributed by atoms with Crippen LogP contribution in [0.4, 0.5) is 4.39 Å². The zero-order chi connectivity index (χ0) is 22.9. The van der Waals surface area contributed by atoms with Crippen LogP contribution in [0, 0.1) is 5.82 Å². The number of hydrogen-bond acceptors (Lipinski definition) is 5. The zero-order valence-corrected chi connectivity index (χ0v) is 17.9. The predicted molar refractivity (Wildman–Crippen MR) is 114 cm³/mol. The lowest BCUT2D eigenvalue weighted by Crippen LogP contribution is -2.50. The number of benzene rings is 2. The Hall–Kier alpha value is -2.81. The van der Waals surface area contributed by atoms with Crippen LogP contribution in [-0.4, -0.2) is 54.6 Å². The highest BCUT2D eigenvalue weighted by atomic mass is 19.1. The third kappa shape index (κ3) is 8.45. The van der Waals surface area contributed by atoms with Crippen molar-refractivity contribution < 1.29 is 28.6 Å². The molecule has 8 heteroatoms.